The SMILES string of the molecule is Nc1ccc(CC(=O)NCc2ccc(C(=O)O)nc2)cc1. The Hall–Kier alpha value is -2.89. The average Bonchev–Trinajstić information content (AvgIpc) is 2.48. The Balaban J connectivity index is 1.86. The summed E-state index contributed by atoms with van der Waals surface area (Å²) in [5.41, 5.74) is 7.83. The Morgan fingerprint density at radius 3 is 2.33 bits per heavy atom. The van der Waals surface area contributed by atoms with Gasteiger partial charge in [0.2, 0.25) is 5.91 Å². The molecule has 0 unspecified atom stereocenters. The van der Waals surface area contributed by atoms with Crippen molar-refractivity contribution in [1.82, 2.24) is 10.3 Å². The van der Waals surface area contributed by atoms with Gasteiger partial charge in [-0.05, 0) is 29.3 Å². The molecule has 1 heterocycles. The topological polar surface area (TPSA) is 105 Å². The predicted octanol–water partition coefficient (Wildman–Crippen LogP) is 1.22. The lowest BCUT2D eigenvalue weighted by molar-refractivity contribution is -0.120. The Morgan fingerprint density at radius 2 is 1.76 bits per heavy atom. The number of nitrogens with two attached hydrogens (primary N) is 1. The van der Waals surface area contributed by atoms with E-state index < -0.39 is 5.97 Å². The Kier molecular flexibility index (Phi) is 4.50. The summed E-state index contributed by atoms with van der Waals surface area (Å²) in [5, 5.41) is 11.5. The first-order valence-electron chi connectivity index (χ1n) is 6.34. The van der Waals surface area contributed by atoms with Crippen molar-refractivity contribution in [2.45, 2.75) is 13.0 Å². The van der Waals surface area contributed by atoms with Crippen molar-refractivity contribution in [1.29, 1.82) is 0 Å². The number of amides is 1. The quantitative estimate of drug-likeness (QED) is 0.716. The van der Waals surface area contributed by atoms with E-state index in [1.807, 2.05) is 0 Å². The van der Waals surface area contributed by atoms with E-state index in [-0.39, 0.29) is 18.0 Å². The number of nitrogen functional groups attached to an aromatic ring is 1. The van der Waals surface area contributed by atoms with Crippen LogP contribution in [0.3, 0.4) is 0 Å². The number of carboxylic acids is 1. The second-order valence-electron chi connectivity index (χ2n) is 4.55. The third-order valence-electron chi connectivity index (χ3n) is 2.88. The highest BCUT2D eigenvalue weighted by Gasteiger charge is 2.06. The van der Waals surface area contributed by atoms with Crippen molar-refractivity contribution in [3.63, 3.8) is 0 Å². The molecule has 1 amide bonds. The molecule has 6 heteroatoms. The van der Waals surface area contributed by atoms with E-state index >= 15 is 0 Å². The lowest BCUT2D eigenvalue weighted by Crippen LogP contribution is -2.24. The maximum Gasteiger partial charge on any atom is 0.354 e. The molecule has 0 aliphatic carbocycles. The van der Waals surface area contributed by atoms with Gasteiger partial charge in [-0.2, -0.15) is 0 Å². The molecule has 6 nitrogen and oxygen atoms in total. The van der Waals surface area contributed by atoms with Crippen molar-refractivity contribution in [3.8, 4) is 0 Å². The number of carbonyl (C=O) groups excluding carboxylic acids is 1. The molecule has 0 radical (unpaired) electrons. The molecule has 21 heavy (non-hydrogen) atoms. The fraction of sp³-hybridized carbons (Fsp3) is 0.133. The maximum absolute atomic E-state index is 11.8. The molecule has 2 aromatic rings. The number of carboxylic acid groups (broad SMARTS) is 1. The van der Waals surface area contributed by atoms with Gasteiger partial charge in [0.1, 0.15) is 5.69 Å². The largest absolute Gasteiger partial charge is 0.477 e. The normalized spacial score (nSPS) is 10.1. The Morgan fingerprint density at radius 1 is 1.10 bits per heavy atom. The first kappa shape index (κ1) is 14.5. The maximum atomic E-state index is 11.8. The zero-order valence-electron chi connectivity index (χ0n) is 11.2. The third kappa shape index (κ3) is 4.31. The Labute approximate surface area is 121 Å². The van der Waals surface area contributed by atoms with Crippen LogP contribution >= 0.6 is 0 Å². The van der Waals surface area contributed by atoms with Crippen LogP contribution in [0, 0.1) is 0 Å². The van der Waals surface area contributed by atoms with Gasteiger partial charge in [0.05, 0.1) is 6.42 Å². The van der Waals surface area contributed by atoms with E-state index in [2.05, 4.69) is 10.3 Å². The van der Waals surface area contributed by atoms with Gasteiger partial charge in [0.25, 0.3) is 0 Å². The van der Waals surface area contributed by atoms with Crippen LogP contribution in [0.1, 0.15) is 21.6 Å². The molecule has 4 N–H and O–H groups in total. The fourth-order valence-electron chi connectivity index (χ4n) is 1.74. The van der Waals surface area contributed by atoms with Crippen LogP contribution in [0.15, 0.2) is 42.6 Å². The van der Waals surface area contributed by atoms with E-state index in [1.165, 1.54) is 12.3 Å². The van der Waals surface area contributed by atoms with Crippen LogP contribution in [0.5, 0.6) is 0 Å². The van der Waals surface area contributed by atoms with Gasteiger partial charge in [-0.1, -0.05) is 18.2 Å². The van der Waals surface area contributed by atoms with Crippen molar-refractivity contribution in [2.75, 3.05) is 5.73 Å². The van der Waals surface area contributed by atoms with Gasteiger partial charge < -0.3 is 16.2 Å². The molecule has 0 fully saturated rings. The number of rotatable bonds is 5. The molecule has 0 saturated heterocycles. The molecular formula is C15H15N3O3. The highest BCUT2D eigenvalue weighted by Crippen LogP contribution is 2.06. The Bertz CT molecular complexity index is 636. The lowest BCUT2D eigenvalue weighted by Gasteiger charge is -2.06. The molecule has 2 rings (SSSR count). The van der Waals surface area contributed by atoms with Gasteiger partial charge in [0.15, 0.2) is 0 Å². The number of anilines is 1. The summed E-state index contributed by atoms with van der Waals surface area (Å²) < 4.78 is 0. The zero-order chi connectivity index (χ0) is 15.2. The second kappa shape index (κ2) is 6.51. The van der Waals surface area contributed by atoms with E-state index in [0.717, 1.165) is 11.1 Å². The highest BCUT2D eigenvalue weighted by molar-refractivity contribution is 5.85. The molecule has 108 valence electrons. The molecule has 0 aliphatic heterocycles. The smallest absolute Gasteiger partial charge is 0.354 e. The van der Waals surface area contributed by atoms with Crippen LogP contribution in [0.4, 0.5) is 5.69 Å². The van der Waals surface area contributed by atoms with Gasteiger partial charge in [-0.25, -0.2) is 9.78 Å². The van der Waals surface area contributed by atoms with Crippen LogP contribution in [-0.4, -0.2) is 22.0 Å². The highest BCUT2D eigenvalue weighted by atomic mass is 16.4. The fourth-order valence-corrected chi connectivity index (χ4v) is 1.74. The van der Waals surface area contributed by atoms with E-state index in [4.69, 9.17) is 10.8 Å². The van der Waals surface area contributed by atoms with Gasteiger partial charge in [-0.15, -0.1) is 0 Å². The summed E-state index contributed by atoms with van der Waals surface area (Å²) in [6, 6.07) is 10.1. The number of nitrogens with one attached hydrogen (secondary N) is 1. The third-order valence-corrected chi connectivity index (χ3v) is 2.88. The number of pyridine rings is 1. The number of hydrogen-bond acceptors (Lipinski definition) is 4. The summed E-state index contributed by atoms with van der Waals surface area (Å²) in [4.78, 5) is 26.2. The summed E-state index contributed by atoms with van der Waals surface area (Å²) in [6.07, 6.45) is 1.70. The van der Waals surface area contributed by atoms with E-state index in [0.29, 0.717) is 12.2 Å². The lowest BCUT2D eigenvalue weighted by atomic mass is 10.1. The zero-order valence-corrected chi connectivity index (χ0v) is 11.2. The van der Waals surface area contributed by atoms with Crippen molar-refractivity contribution >= 4 is 17.6 Å². The van der Waals surface area contributed by atoms with Crippen LogP contribution in [0.25, 0.3) is 0 Å². The van der Waals surface area contributed by atoms with Gasteiger partial charge >= 0.3 is 5.97 Å². The number of aromatic carboxylic acids is 1. The molecule has 0 aliphatic rings. The molecule has 0 bridgehead atoms. The minimum absolute atomic E-state index is 0.0213. The van der Waals surface area contributed by atoms with Gasteiger partial charge in [-0.3, -0.25) is 4.79 Å². The number of nitrogens with zero attached hydrogens (tertiary/aromatic N) is 1. The molecule has 0 saturated carbocycles. The van der Waals surface area contributed by atoms with Crippen molar-refractivity contribution in [3.05, 3.63) is 59.4 Å². The minimum atomic E-state index is -1.08. The van der Waals surface area contributed by atoms with E-state index in [9.17, 15) is 9.59 Å². The van der Waals surface area contributed by atoms with Gasteiger partial charge in [0, 0.05) is 18.4 Å². The number of aromatic nitrogens is 1. The second-order valence-corrected chi connectivity index (χ2v) is 4.55. The standard InChI is InChI=1S/C15H15N3O3/c16-12-4-1-10(2-5-12)7-14(19)18-9-11-3-6-13(15(20)21)17-8-11/h1-6,8H,7,9,16H2,(H,18,19)(H,20,21). The first-order chi connectivity index (χ1) is 10.0. The van der Waals surface area contributed by atoms with Crippen molar-refractivity contribution in [2.24, 2.45) is 0 Å². The van der Waals surface area contributed by atoms with Crippen LogP contribution in [-0.2, 0) is 17.8 Å². The van der Waals surface area contributed by atoms with E-state index in [1.54, 1.807) is 30.3 Å². The summed E-state index contributed by atoms with van der Waals surface area (Å²) >= 11 is 0. The minimum Gasteiger partial charge on any atom is -0.477 e. The predicted molar refractivity (Wildman–Crippen MR) is 77.6 cm³/mol. The number of hydrogen-bond donors (Lipinski definition) is 3. The summed E-state index contributed by atoms with van der Waals surface area (Å²) in [7, 11) is 0. The molecule has 1 aromatic carbocycles. The molecule has 1 aromatic heterocycles. The number of carbonyl (C=O) groups is 2. The summed E-state index contributed by atoms with van der Waals surface area (Å²) in [5.74, 6) is -1.20. The van der Waals surface area contributed by atoms with Crippen molar-refractivity contribution < 1.29 is 14.7 Å². The number of benzene rings is 1. The average molecular weight is 285 g/mol. The molecule has 0 spiro atoms. The van der Waals surface area contributed by atoms with Crippen LogP contribution < -0.4 is 11.1 Å². The monoisotopic (exact) mass is 285 g/mol. The summed E-state index contributed by atoms with van der Waals surface area (Å²) in [6.45, 7) is 0.306. The van der Waals surface area contributed by atoms with Crippen LogP contribution in [0.2, 0.25) is 0 Å². The first-order valence-corrected chi connectivity index (χ1v) is 6.34. The molecular weight excluding hydrogens is 270 g/mol. The molecule has 0 atom stereocenters.